The van der Waals surface area contributed by atoms with Crippen molar-refractivity contribution in [2.45, 2.75) is 31.7 Å². The van der Waals surface area contributed by atoms with Gasteiger partial charge in [0.25, 0.3) is 0 Å². The topological polar surface area (TPSA) is 24.4 Å². The van der Waals surface area contributed by atoms with Crippen LogP contribution in [0.5, 0.6) is 0 Å². The Morgan fingerprint density at radius 1 is 0.391 bits per heavy atom. The Morgan fingerprint density at radius 3 is 1.43 bits per heavy atom. The maximum Gasteiger partial charge on any atom is 0.134 e. The lowest BCUT2D eigenvalue weighted by Crippen LogP contribution is -2.45. The molecule has 0 fully saturated rings. The minimum atomic E-state index is -0.616. The third-order valence-corrected chi connectivity index (χ3v) is 16.1. The van der Waals surface area contributed by atoms with Crippen molar-refractivity contribution in [3.63, 3.8) is 0 Å². The average molecular weight is 901 g/mol. The third-order valence-electron chi connectivity index (χ3n) is 14.6. The van der Waals surface area contributed by atoms with Crippen LogP contribution in [0.2, 0.25) is 0 Å². The molecule has 1 N–H and O–H groups in total. The summed E-state index contributed by atoms with van der Waals surface area (Å²) in [6.45, 7) is 7.24. The maximum atomic E-state index is 5.34. The van der Waals surface area contributed by atoms with Gasteiger partial charge in [-0.25, -0.2) is 4.99 Å². The van der Waals surface area contributed by atoms with Gasteiger partial charge in [0.1, 0.15) is 5.84 Å². The number of nitrogens with zero attached hydrogens (tertiary/aromatic N) is 1. The summed E-state index contributed by atoms with van der Waals surface area (Å²) in [5, 5.41) is 11.8. The van der Waals surface area contributed by atoms with Crippen LogP contribution in [-0.4, -0.2) is 5.84 Å². The summed E-state index contributed by atoms with van der Waals surface area (Å²) < 4.78 is 0. The SMILES string of the molecule is CC1(c2sc(-c3cc(-c4ccccc4)cc(-c4ccccc4)c3)c3c2C(C)(C)c2cc(-c4ccc5c6ccccc6c6ccccc6c5c4)ccc2-3)C=C(c2ccccc2)N=C(c2ccccc2)N1. The van der Waals surface area contributed by atoms with Gasteiger partial charge in [0.15, 0.2) is 0 Å². The van der Waals surface area contributed by atoms with E-state index in [1.807, 2.05) is 11.3 Å². The summed E-state index contributed by atoms with van der Waals surface area (Å²) in [5.74, 6) is 0.868. The van der Waals surface area contributed by atoms with Gasteiger partial charge in [-0.15, -0.1) is 11.3 Å². The average Bonchev–Trinajstić information content (AvgIpc) is 3.94. The molecule has 0 radical (unpaired) electrons. The van der Waals surface area contributed by atoms with Crippen molar-refractivity contribution in [1.29, 1.82) is 0 Å². The lowest BCUT2D eigenvalue weighted by molar-refractivity contribution is 0.537. The van der Waals surface area contributed by atoms with Crippen LogP contribution in [0.4, 0.5) is 0 Å². The van der Waals surface area contributed by atoms with E-state index >= 15 is 0 Å². The molecule has 1 atom stereocenters. The van der Waals surface area contributed by atoms with E-state index in [9.17, 15) is 0 Å². The fourth-order valence-corrected chi connectivity index (χ4v) is 12.8. The van der Waals surface area contributed by atoms with Gasteiger partial charge in [0, 0.05) is 26.3 Å². The number of thiophene rings is 1. The Balaban J connectivity index is 1.05. The van der Waals surface area contributed by atoms with Crippen LogP contribution in [0.15, 0.2) is 236 Å². The molecule has 11 aromatic rings. The molecule has 0 saturated heterocycles. The molecule has 1 aromatic heterocycles. The van der Waals surface area contributed by atoms with Gasteiger partial charge >= 0.3 is 0 Å². The highest BCUT2D eigenvalue weighted by Crippen LogP contribution is 2.60. The zero-order chi connectivity index (χ0) is 46.3. The van der Waals surface area contributed by atoms with Crippen molar-refractivity contribution in [1.82, 2.24) is 5.32 Å². The van der Waals surface area contributed by atoms with E-state index in [-0.39, 0.29) is 5.41 Å². The van der Waals surface area contributed by atoms with Gasteiger partial charge in [-0.3, -0.25) is 0 Å². The molecule has 1 aliphatic carbocycles. The summed E-state index contributed by atoms with van der Waals surface area (Å²) >= 11 is 1.93. The van der Waals surface area contributed by atoms with Crippen molar-refractivity contribution in [3.8, 4) is 54.9 Å². The standard InChI is InChI=1S/C66H48N2S/c1-65(2)58-40-47(46-32-34-55-53-30-17-16-28-51(53)52-29-18-19-31-54(52)57(55)39-46)33-35-56(58)60-61(65)63(66(3)41-59(44-24-12-6-13-25-44)67-64(68-66)45-26-14-7-15-27-45)69-62(60)50-37-48(42-20-8-4-9-21-42)36-49(38-50)43-22-10-5-11-23-43/h4-41H,1-3H3,(H,67,68). The van der Waals surface area contributed by atoms with Crippen molar-refractivity contribution < 1.29 is 0 Å². The van der Waals surface area contributed by atoms with E-state index in [0.29, 0.717) is 0 Å². The minimum absolute atomic E-state index is 0.350. The lowest BCUT2D eigenvalue weighted by Gasteiger charge is -2.36. The molecule has 0 amide bonds. The summed E-state index contributed by atoms with van der Waals surface area (Å²) in [6, 6.07) is 82.1. The number of aliphatic imine (C=N–C) groups is 1. The van der Waals surface area contributed by atoms with Crippen LogP contribution >= 0.6 is 11.3 Å². The number of amidine groups is 1. The van der Waals surface area contributed by atoms with Gasteiger partial charge < -0.3 is 5.32 Å². The molecule has 2 heterocycles. The molecule has 3 heteroatoms. The molecule has 328 valence electrons. The van der Waals surface area contributed by atoms with Crippen LogP contribution < -0.4 is 5.32 Å². The first kappa shape index (κ1) is 41.1. The number of benzene rings is 10. The fourth-order valence-electron chi connectivity index (χ4n) is 11.2. The summed E-state index contributed by atoms with van der Waals surface area (Å²) in [7, 11) is 0. The Morgan fingerprint density at radius 2 is 0.855 bits per heavy atom. The summed E-state index contributed by atoms with van der Waals surface area (Å²) in [4.78, 5) is 7.91. The molecule has 0 bridgehead atoms. The Kier molecular flexibility index (Phi) is 9.54. The van der Waals surface area contributed by atoms with E-state index in [1.54, 1.807) is 0 Å². The number of rotatable bonds is 7. The van der Waals surface area contributed by atoms with Crippen LogP contribution in [0, 0.1) is 0 Å². The first-order valence-electron chi connectivity index (χ1n) is 23.9. The third kappa shape index (κ3) is 6.79. The second-order valence-corrected chi connectivity index (χ2v) is 20.3. The first-order chi connectivity index (χ1) is 33.8. The van der Waals surface area contributed by atoms with Crippen LogP contribution in [-0.2, 0) is 11.0 Å². The number of fused-ring (bicyclic) bond motifs is 9. The molecule has 2 nitrogen and oxygen atoms in total. The predicted molar refractivity (Wildman–Crippen MR) is 294 cm³/mol. The number of hydrogen-bond donors (Lipinski definition) is 1. The van der Waals surface area contributed by atoms with Gasteiger partial charge in [-0.2, -0.15) is 0 Å². The summed E-state index contributed by atoms with van der Waals surface area (Å²) in [6.07, 6.45) is 2.37. The van der Waals surface area contributed by atoms with Crippen molar-refractivity contribution in [3.05, 3.63) is 258 Å². The lowest BCUT2D eigenvalue weighted by atomic mass is 9.78. The van der Waals surface area contributed by atoms with E-state index in [4.69, 9.17) is 4.99 Å². The molecule has 1 unspecified atom stereocenters. The first-order valence-corrected chi connectivity index (χ1v) is 24.8. The maximum absolute atomic E-state index is 5.34. The molecule has 1 aliphatic heterocycles. The van der Waals surface area contributed by atoms with Gasteiger partial charge in [0.05, 0.1) is 11.2 Å². The smallest absolute Gasteiger partial charge is 0.134 e. The fraction of sp³-hybridized carbons (Fsp3) is 0.0758. The Labute approximate surface area is 407 Å². The Bertz CT molecular complexity index is 3790. The highest BCUT2D eigenvalue weighted by atomic mass is 32.1. The quantitative estimate of drug-likeness (QED) is 0.158. The van der Waals surface area contributed by atoms with Crippen molar-refractivity contribution in [2.24, 2.45) is 4.99 Å². The highest BCUT2D eigenvalue weighted by molar-refractivity contribution is 7.16. The summed E-state index contributed by atoms with van der Waals surface area (Å²) in [5.41, 5.74) is 15.9. The van der Waals surface area contributed by atoms with Crippen molar-refractivity contribution in [2.75, 3.05) is 0 Å². The van der Waals surface area contributed by atoms with Gasteiger partial charge in [0.2, 0.25) is 0 Å². The molecule has 69 heavy (non-hydrogen) atoms. The van der Waals surface area contributed by atoms with Gasteiger partial charge in [-0.1, -0.05) is 208 Å². The molecule has 2 aliphatic rings. The zero-order valence-corrected chi connectivity index (χ0v) is 39.6. The van der Waals surface area contributed by atoms with E-state index < -0.39 is 5.54 Å². The highest BCUT2D eigenvalue weighted by Gasteiger charge is 2.46. The number of hydrogen-bond acceptors (Lipinski definition) is 3. The van der Waals surface area contributed by atoms with Crippen molar-refractivity contribution >= 4 is 55.2 Å². The zero-order valence-electron chi connectivity index (χ0n) is 38.8. The molecular weight excluding hydrogens is 853 g/mol. The second-order valence-electron chi connectivity index (χ2n) is 19.3. The van der Waals surface area contributed by atoms with Gasteiger partial charge in [-0.05, 0) is 137 Å². The van der Waals surface area contributed by atoms with E-state index in [0.717, 1.165) is 22.7 Å². The predicted octanol–water partition coefficient (Wildman–Crippen LogP) is 17.5. The second kappa shape index (κ2) is 16.0. The Hall–Kier alpha value is -8.11. The molecule has 0 spiro atoms. The molecule has 10 aromatic carbocycles. The molecule has 13 rings (SSSR count). The van der Waals surface area contributed by atoms with Crippen LogP contribution in [0.25, 0.3) is 93.0 Å². The number of nitrogens with one attached hydrogen (secondary N) is 1. The van der Waals surface area contributed by atoms with E-state index in [1.165, 1.54) is 103 Å². The van der Waals surface area contributed by atoms with E-state index in [2.05, 4.69) is 257 Å². The molecule has 0 saturated carbocycles. The molecular formula is C66H48N2S. The van der Waals surface area contributed by atoms with Crippen LogP contribution in [0.1, 0.15) is 47.9 Å². The van der Waals surface area contributed by atoms with Crippen LogP contribution in [0.3, 0.4) is 0 Å². The normalized spacial score (nSPS) is 15.9. The monoisotopic (exact) mass is 900 g/mol. The minimum Gasteiger partial charge on any atom is -0.356 e. The largest absolute Gasteiger partial charge is 0.356 e.